The Morgan fingerprint density at radius 2 is 1.07 bits per heavy atom. The lowest BCUT2D eigenvalue weighted by Gasteiger charge is -2.13. The van der Waals surface area contributed by atoms with Crippen LogP contribution >= 0.6 is 11.3 Å². The molecular weight excluding hydrogens is 555 g/mol. The predicted octanol–water partition coefficient (Wildman–Crippen LogP) is 11.0. The van der Waals surface area contributed by atoms with Gasteiger partial charge in [-0.1, -0.05) is 103 Å². The molecule has 0 unspecified atom stereocenters. The quantitative estimate of drug-likeness (QED) is 0.205. The number of rotatable bonds is 2. The zero-order valence-electron chi connectivity index (χ0n) is 23.5. The summed E-state index contributed by atoms with van der Waals surface area (Å²) in [5.74, 6) is 0. The Morgan fingerprint density at radius 3 is 1.86 bits per heavy atom. The summed E-state index contributed by atoms with van der Waals surface area (Å²) < 4.78 is 5.15. The van der Waals surface area contributed by atoms with Crippen LogP contribution in [-0.2, 0) is 0 Å². The van der Waals surface area contributed by atoms with E-state index in [4.69, 9.17) is 9.97 Å². The van der Waals surface area contributed by atoms with Crippen molar-refractivity contribution in [3.8, 4) is 22.5 Å². The summed E-state index contributed by atoms with van der Waals surface area (Å²) in [5, 5.41) is 7.55. The SMILES string of the molecule is c1ccc(-c2nc3ccccc3nc2-c2ccc3c(c2)c2ccccc2c2cccc4sc5c6ccccc6n3c5c42)cc1. The zero-order chi connectivity index (χ0) is 28.8. The number of hydrogen-bond acceptors (Lipinski definition) is 3. The van der Waals surface area contributed by atoms with Gasteiger partial charge in [0.2, 0.25) is 0 Å². The molecule has 4 aromatic heterocycles. The molecule has 0 saturated heterocycles. The van der Waals surface area contributed by atoms with Crippen LogP contribution in [0.5, 0.6) is 0 Å². The first-order valence-corrected chi connectivity index (χ1v) is 15.7. The minimum atomic E-state index is 0.887. The first kappa shape index (κ1) is 23.9. The van der Waals surface area contributed by atoms with E-state index in [0.29, 0.717) is 0 Å². The van der Waals surface area contributed by atoms with Crippen molar-refractivity contribution in [1.29, 1.82) is 0 Å². The maximum absolute atomic E-state index is 5.24. The molecule has 0 N–H and O–H groups in total. The fraction of sp³-hybridized carbons (Fsp3) is 0. The third-order valence-corrected chi connectivity index (χ3v) is 10.1. The van der Waals surface area contributed by atoms with Gasteiger partial charge in [0.15, 0.2) is 0 Å². The topological polar surface area (TPSA) is 30.2 Å². The Bertz CT molecular complexity index is 2770. The van der Waals surface area contributed by atoms with Gasteiger partial charge in [0, 0.05) is 32.0 Å². The molecule has 0 saturated carbocycles. The zero-order valence-corrected chi connectivity index (χ0v) is 24.3. The van der Waals surface area contributed by atoms with Crippen molar-refractivity contribution in [2.24, 2.45) is 0 Å². The second-order valence-electron chi connectivity index (χ2n) is 11.4. The molecule has 44 heavy (non-hydrogen) atoms. The van der Waals surface area contributed by atoms with Gasteiger partial charge in [0.05, 0.1) is 43.7 Å². The van der Waals surface area contributed by atoms with Gasteiger partial charge in [0.1, 0.15) is 0 Å². The van der Waals surface area contributed by atoms with E-state index in [9.17, 15) is 0 Å². The summed E-state index contributed by atoms with van der Waals surface area (Å²) in [6.07, 6.45) is 0. The molecule has 0 radical (unpaired) electrons. The van der Waals surface area contributed by atoms with Gasteiger partial charge in [-0.05, 0) is 52.6 Å². The average Bonchev–Trinajstić information content (AvgIpc) is 3.62. The van der Waals surface area contributed by atoms with E-state index < -0.39 is 0 Å². The summed E-state index contributed by atoms with van der Waals surface area (Å²) >= 11 is 1.90. The van der Waals surface area contributed by atoms with Gasteiger partial charge in [0.25, 0.3) is 0 Å². The minimum absolute atomic E-state index is 0.887. The van der Waals surface area contributed by atoms with Crippen molar-refractivity contribution < 1.29 is 0 Å². The molecule has 0 aliphatic heterocycles. The molecular formula is C40H23N3S. The molecule has 3 nitrogen and oxygen atoms in total. The van der Waals surface area contributed by atoms with Crippen LogP contribution in [0.3, 0.4) is 0 Å². The predicted molar refractivity (Wildman–Crippen MR) is 187 cm³/mol. The largest absolute Gasteiger partial charge is 0.307 e. The molecule has 10 rings (SSSR count). The molecule has 0 spiro atoms. The Kier molecular flexibility index (Phi) is 4.87. The molecule has 10 aromatic rings. The Morgan fingerprint density at radius 1 is 0.455 bits per heavy atom. The van der Waals surface area contributed by atoms with Gasteiger partial charge < -0.3 is 4.40 Å². The second kappa shape index (κ2) is 8.96. The van der Waals surface area contributed by atoms with E-state index in [1.54, 1.807) is 0 Å². The standard InChI is InChI=1S/C40H23N3S/c1-2-11-24(12-3-1)37-38(42-32-18-8-7-17-31(32)41-37)25-21-22-34-30(23-25)27-14-5-4-13-26(27)28-16-10-20-35-36(28)39-40(44-35)29-15-6-9-19-33(29)43(34)39/h1-23H. The maximum atomic E-state index is 5.24. The van der Waals surface area contributed by atoms with E-state index in [-0.39, 0.29) is 0 Å². The van der Waals surface area contributed by atoms with Crippen LogP contribution in [0.4, 0.5) is 0 Å². The van der Waals surface area contributed by atoms with Crippen molar-refractivity contribution >= 4 is 80.6 Å². The molecule has 0 aliphatic carbocycles. The number of hydrogen-bond donors (Lipinski definition) is 0. The summed E-state index contributed by atoms with van der Waals surface area (Å²) in [6, 6.07) is 49.8. The molecule has 0 amide bonds. The van der Waals surface area contributed by atoms with Crippen LogP contribution in [0.1, 0.15) is 0 Å². The van der Waals surface area contributed by atoms with E-state index in [1.165, 1.54) is 58.3 Å². The van der Waals surface area contributed by atoms with Crippen LogP contribution in [0.15, 0.2) is 140 Å². The molecule has 4 heterocycles. The van der Waals surface area contributed by atoms with Gasteiger partial charge in [-0.2, -0.15) is 0 Å². The monoisotopic (exact) mass is 577 g/mol. The van der Waals surface area contributed by atoms with Gasteiger partial charge in [-0.3, -0.25) is 0 Å². The van der Waals surface area contributed by atoms with Crippen LogP contribution in [0, 0.1) is 0 Å². The molecule has 204 valence electrons. The summed E-state index contributed by atoms with van der Waals surface area (Å²) in [6.45, 7) is 0. The average molecular weight is 578 g/mol. The first-order valence-electron chi connectivity index (χ1n) is 14.8. The highest BCUT2D eigenvalue weighted by molar-refractivity contribution is 7.27. The fourth-order valence-corrected chi connectivity index (χ4v) is 8.28. The van der Waals surface area contributed by atoms with Crippen LogP contribution in [0.25, 0.3) is 91.8 Å². The number of para-hydroxylation sites is 3. The lowest BCUT2D eigenvalue weighted by molar-refractivity contribution is 1.29. The minimum Gasteiger partial charge on any atom is -0.307 e. The summed E-state index contributed by atoms with van der Waals surface area (Å²) in [5.41, 5.74) is 9.37. The Balaban J connectivity index is 1.42. The normalized spacial score (nSPS) is 12.1. The molecule has 0 bridgehead atoms. The van der Waals surface area contributed by atoms with Gasteiger partial charge >= 0.3 is 0 Å². The number of thiophene rings is 1. The highest BCUT2D eigenvalue weighted by atomic mass is 32.1. The Hall–Kier alpha value is -5.58. The Labute approximate surface area is 256 Å². The van der Waals surface area contributed by atoms with Crippen LogP contribution in [0.2, 0.25) is 0 Å². The van der Waals surface area contributed by atoms with E-state index in [2.05, 4.69) is 114 Å². The third kappa shape index (κ3) is 3.26. The lowest BCUT2D eigenvalue weighted by atomic mass is 9.98. The van der Waals surface area contributed by atoms with Gasteiger partial charge in [-0.25, -0.2) is 9.97 Å². The number of benzene rings is 6. The van der Waals surface area contributed by atoms with E-state index >= 15 is 0 Å². The fourth-order valence-electron chi connectivity index (χ4n) is 7.03. The molecule has 0 aliphatic rings. The van der Waals surface area contributed by atoms with Crippen molar-refractivity contribution in [3.05, 3.63) is 140 Å². The smallest absolute Gasteiger partial charge is 0.0973 e. The summed E-state index contributed by atoms with van der Waals surface area (Å²) in [4.78, 5) is 10.4. The molecule has 4 heteroatoms. The number of aromatic nitrogens is 3. The number of fused-ring (bicyclic) bond motifs is 9. The molecule has 0 fully saturated rings. The molecule has 6 aromatic carbocycles. The van der Waals surface area contributed by atoms with Crippen LogP contribution < -0.4 is 0 Å². The highest BCUT2D eigenvalue weighted by Crippen LogP contribution is 2.45. The van der Waals surface area contributed by atoms with Crippen molar-refractivity contribution in [3.63, 3.8) is 0 Å². The van der Waals surface area contributed by atoms with Crippen LogP contribution in [-0.4, -0.2) is 14.4 Å². The van der Waals surface area contributed by atoms with Crippen molar-refractivity contribution in [2.45, 2.75) is 0 Å². The second-order valence-corrected chi connectivity index (χ2v) is 12.4. The third-order valence-electron chi connectivity index (χ3n) is 8.94. The van der Waals surface area contributed by atoms with Crippen molar-refractivity contribution in [2.75, 3.05) is 0 Å². The highest BCUT2D eigenvalue weighted by Gasteiger charge is 2.20. The van der Waals surface area contributed by atoms with E-state index in [1.807, 2.05) is 41.7 Å². The van der Waals surface area contributed by atoms with Gasteiger partial charge in [-0.15, -0.1) is 11.3 Å². The van der Waals surface area contributed by atoms with Crippen molar-refractivity contribution in [1.82, 2.24) is 14.4 Å². The summed E-state index contributed by atoms with van der Waals surface area (Å²) in [7, 11) is 0. The first-order chi connectivity index (χ1) is 21.8. The maximum Gasteiger partial charge on any atom is 0.0973 e. The lowest BCUT2D eigenvalue weighted by Crippen LogP contribution is -1.96. The number of nitrogens with zero attached hydrogens (tertiary/aromatic N) is 3. The molecule has 0 atom stereocenters. The van der Waals surface area contributed by atoms with E-state index in [0.717, 1.165) is 33.5 Å².